The van der Waals surface area contributed by atoms with Gasteiger partial charge in [0.05, 0.1) is 11.3 Å². The molecular formula is C18H17N5O2S2. The molecule has 2 amide bonds. The summed E-state index contributed by atoms with van der Waals surface area (Å²) in [5.74, 6) is 0.101. The van der Waals surface area contributed by atoms with Crippen molar-refractivity contribution in [1.82, 2.24) is 15.2 Å². The molecule has 0 bridgehead atoms. The lowest BCUT2D eigenvalue weighted by molar-refractivity contribution is -0.113. The number of anilines is 1. The number of aromatic nitrogens is 3. The van der Waals surface area contributed by atoms with Crippen LogP contribution in [-0.4, -0.2) is 32.7 Å². The number of primary amides is 1. The molecule has 0 radical (unpaired) electrons. The van der Waals surface area contributed by atoms with E-state index in [-0.39, 0.29) is 11.7 Å². The van der Waals surface area contributed by atoms with Gasteiger partial charge < -0.3 is 11.1 Å². The Morgan fingerprint density at radius 2 is 2.07 bits per heavy atom. The van der Waals surface area contributed by atoms with Gasteiger partial charge in [-0.25, -0.2) is 4.98 Å². The molecule has 0 unspecified atom stereocenters. The molecule has 3 aromatic rings. The first-order valence-electron chi connectivity index (χ1n) is 8.46. The second-order valence-electron chi connectivity index (χ2n) is 6.10. The van der Waals surface area contributed by atoms with Gasteiger partial charge in [0.25, 0.3) is 5.91 Å². The van der Waals surface area contributed by atoms with Crippen LogP contribution >= 0.6 is 23.1 Å². The van der Waals surface area contributed by atoms with Crippen LogP contribution in [0.25, 0.3) is 11.4 Å². The van der Waals surface area contributed by atoms with Gasteiger partial charge in [0.1, 0.15) is 5.00 Å². The van der Waals surface area contributed by atoms with E-state index >= 15 is 0 Å². The maximum atomic E-state index is 12.3. The van der Waals surface area contributed by atoms with Gasteiger partial charge in [-0.15, -0.1) is 16.4 Å². The van der Waals surface area contributed by atoms with Crippen LogP contribution in [-0.2, 0) is 17.6 Å². The van der Waals surface area contributed by atoms with Gasteiger partial charge in [-0.05, 0) is 24.8 Å². The number of rotatable bonds is 6. The zero-order chi connectivity index (χ0) is 18.8. The van der Waals surface area contributed by atoms with E-state index in [0.717, 1.165) is 35.3 Å². The smallest absolute Gasteiger partial charge is 0.251 e. The van der Waals surface area contributed by atoms with E-state index in [2.05, 4.69) is 20.5 Å². The van der Waals surface area contributed by atoms with Crippen molar-refractivity contribution in [2.24, 2.45) is 5.73 Å². The number of thiophene rings is 1. The summed E-state index contributed by atoms with van der Waals surface area (Å²) < 4.78 is 0. The summed E-state index contributed by atoms with van der Waals surface area (Å²) in [5.41, 5.74) is 7.91. The zero-order valence-electron chi connectivity index (χ0n) is 14.3. The molecule has 138 valence electrons. The van der Waals surface area contributed by atoms with Gasteiger partial charge in [-0.2, -0.15) is 0 Å². The molecule has 1 aliphatic carbocycles. The number of carbonyl (C=O) groups excluding carboxylic acids is 2. The minimum Gasteiger partial charge on any atom is -0.365 e. The number of nitrogens with zero attached hydrogens (tertiary/aromatic N) is 2. The number of amides is 2. The molecule has 0 saturated heterocycles. The number of hydrogen-bond donors (Lipinski definition) is 3. The molecule has 1 aromatic carbocycles. The van der Waals surface area contributed by atoms with Crippen LogP contribution in [0.3, 0.4) is 0 Å². The Hall–Kier alpha value is -2.65. The topological polar surface area (TPSA) is 114 Å². The molecule has 4 N–H and O–H groups in total. The van der Waals surface area contributed by atoms with Gasteiger partial charge in [0.2, 0.25) is 11.1 Å². The number of nitrogens with one attached hydrogen (secondary N) is 2. The normalized spacial score (nSPS) is 12.7. The van der Waals surface area contributed by atoms with Crippen LogP contribution < -0.4 is 11.1 Å². The molecule has 0 atom stereocenters. The number of thioether (sulfide) groups is 1. The van der Waals surface area contributed by atoms with Crippen molar-refractivity contribution in [3.63, 3.8) is 0 Å². The third-order valence-electron chi connectivity index (χ3n) is 4.27. The predicted octanol–water partition coefficient (Wildman–Crippen LogP) is 2.85. The van der Waals surface area contributed by atoms with Crippen LogP contribution in [0.1, 0.15) is 27.2 Å². The van der Waals surface area contributed by atoms with Gasteiger partial charge >= 0.3 is 0 Å². The van der Waals surface area contributed by atoms with E-state index in [1.807, 2.05) is 30.3 Å². The Kier molecular flexibility index (Phi) is 4.95. The van der Waals surface area contributed by atoms with Crippen LogP contribution in [0.15, 0.2) is 35.5 Å². The molecule has 9 heteroatoms. The standard InChI is InChI=1S/C18H17N5O2S2/c19-15(25)14-11-7-4-8-12(11)27-17(14)20-13(24)9-26-18-21-16(22-23-18)10-5-2-1-3-6-10/h1-3,5-6H,4,7-9H2,(H2,19,25)(H,20,24)(H,21,22,23). The minimum absolute atomic E-state index is 0.146. The van der Waals surface area contributed by atoms with E-state index in [1.165, 1.54) is 23.1 Å². The third kappa shape index (κ3) is 3.74. The van der Waals surface area contributed by atoms with E-state index in [4.69, 9.17) is 5.73 Å². The Bertz CT molecular complexity index is 997. The average molecular weight is 400 g/mol. The van der Waals surface area contributed by atoms with Gasteiger partial charge in [0, 0.05) is 10.4 Å². The SMILES string of the molecule is NC(=O)c1c(NC(=O)CSc2n[nH]c(-c3ccccc3)n2)sc2c1CCC2. The third-order valence-corrected chi connectivity index (χ3v) is 6.32. The Morgan fingerprint density at radius 3 is 2.85 bits per heavy atom. The van der Waals surface area contributed by atoms with Crippen molar-refractivity contribution in [2.45, 2.75) is 24.4 Å². The minimum atomic E-state index is -0.487. The summed E-state index contributed by atoms with van der Waals surface area (Å²) >= 11 is 2.68. The first kappa shape index (κ1) is 17.7. The lowest BCUT2D eigenvalue weighted by Gasteiger charge is -2.05. The van der Waals surface area contributed by atoms with E-state index in [9.17, 15) is 9.59 Å². The maximum Gasteiger partial charge on any atom is 0.251 e. The molecule has 0 fully saturated rings. The fourth-order valence-corrected chi connectivity index (χ4v) is 4.99. The number of carbonyl (C=O) groups is 2. The summed E-state index contributed by atoms with van der Waals surface area (Å²) in [4.78, 5) is 29.6. The summed E-state index contributed by atoms with van der Waals surface area (Å²) in [6, 6.07) is 9.65. The zero-order valence-corrected chi connectivity index (χ0v) is 16.0. The summed E-state index contributed by atoms with van der Waals surface area (Å²) in [7, 11) is 0. The summed E-state index contributed by atoms with van der Waals surface area (Å²) in [6.45, 7) is 0. The van der Waals surface area contributed by atoms with Crippen molar-refractivity contribution in [1.29, 1.82) is 0 Å². The van der Waals surface area contributed by atoms with E-state index in [0.29, 0.717) is 21.5 Å². The quantitative estimate of drug-likeness (QED) is 0.552. The lowest BCUT2D eigenvalue weighted by atomic mass is 10.1. The van der Waals surface area contributed by atoms with Gasteiger partial charge in [0.15, 0.2) is 5.82 Å². The van der Waals surface area contributed by atoms with Crippen molar-refractivity contribution in [3.05, 3.63) is 46.3 Å². The lowest BCUT2D eigenvalue weighted by Crippen LogP contribution is -2.18. The fourth-order valence-electron chi connectivity index (χ4n) is 3.08. The first-order valence-corrected chi connectivity index (χ1v) is 10.3. The molecule has 2 aromatic heterocycles. The Labute approximate surface area is 163 Å². The Morgan fingerprint density at radius 1 is 1.26 bits per heavy atom. The van der Waals surface area contributed by atoms with E-state index < -0.39 is 5.91 Å². The largest absolute Gasteiger partial charge is 0.365 e. The van der Waals surface area contributed by atoms with Crippen LogP contribution in [0.5, 0.6) is 0 Å². The summed E-state index contributed by atoms with van der Waals surface area (Å²) in [6.07, 6.45) is 2.80. The van der Waals surface area contributed by atoms with Crippen molar-refractivity contribution >= 4 is 39.9 Å². The fraction of sp³-hybridized carbons (Fsp3) is 0.222. The predicted molar refractivity (Wildman–Crippen MR) is 106 cm³/mol. The highest BCUT2D eigenvalue weighted by Crippen LogP contribution is 2.38. The number of aryl methyl sites for hydroxylation is 1. The number of H-pyrrole nitrogens is 1. The molecule has 0 spiro atoms. The number of hydrogen-bond acceptors (Lipinski definition) is 6. The molecule has 0 saturated carbocycles. The molecule has 27 heavy (non-hydrogen) atoms. The molecule has 0 aliphatic heterocycles. The Balaban J connectivity index is 1.40. The molecule has 2 heterocycles. The number of nitrogens with two attached hydrogens (primary N) is 1. The highest BCUT2D eigenvalue weighted by Gasteiger charge is 2.26. The molecular weight excluding hydrogens is 382 g/mol. The summed E-state index contributed by atoms with van der Waals surface area (Å²) in [5, 5.41) is 10.9. The molecule has 1 aliphatic rings. The number of benzene rings is 1. The van der Waals surface area contributed by atoms with Gasteiger partial charge in [-0.1, -0.05) is 42.1 Å². The van der Waals surface area contributed by atoms with Crippen LogP contribution in [0.2, 0.25) is 0 Å². The molecule has 4 rings (SSSR count). The maximum absolute atomic E-state index is 12.3. The number of aromatic amines is 1. The van der Waals surface area contributed by atoms with Crippen LogP contribution in [0.4, 0.5) is 5.00 Å². The van der Waals surface area contributed by atoms with Crippen molar-refractivity contribution in [3.8, 4) is 11.4 Å². The molecule has 7 nitrogen and oxygen atoms in total. The highest BCUT2D eigenvalue weighted by molar-refractivity contribution is 7.99. The van der Waals surface area contributed by atoms with Gasteiger partial charge in [-0.3, -0.25) is 14.7 Å². The monoisotopic (exact) mass is 399 g/mol. The average Bonchev–Trinajstić information content (AvgIpc) is 3.36. The van der Waals surface area contributed by atoms with Crippen LogP contribution in [0, 0.1) is 0 Å². The van der Waals surface area contributed by atoms with Crippen molar-refractivity contribution < 1.29 is 9.59 Å². The highest BCUT2D eigenvalue weighted by atomic mass is 32.2. The van der Waals surface area contributed by atoms with Crippen molar-refractivity contribution in [2.75, 3.05) is 11.1 Å². The second-order valence-corrected chi connectivity index (χ2v) is 8.14. The van der Waals surface area contributed by atoms with E-state index in [1.54, 1.807) is 0 Å². The second kappa shape index (κ2) is 7.53. The first-order chi connectivity index (χ1) is 13.1. The number of fused-ring (bicyclic) bond motifs is 1.